The molecule has 0 bridgehead atoms. The first kappa shape index (κ1) is 21.8. The molecule has 7 nitrogen and oxygen atoms in total. The van der Waals surface area contributed by atoms with Crippen LogP contribution in [0.4, 0.5) is 5.69 Å². The highest BCUT2D eigenvalue weighted by Gasteiger charge is 2.76. The summed E-state index contributed by atoms with van der Waals surface area (Å²) < 4.78 is 0. The number of imide groups is 1. The van der Waals surface area contributed by atoms with Gasteiger partial charge in [-0.25, -0.2) is 4.90 Å². The maximum atomic E-state index is 14.5. The Labute approximate surface area is 210 Å². The molecule has 3 saturated heterocycles. The van der Waals surface area contributed by atoms with Crippen molar-refractivity contribution in [1.29, 1.82) is 0 Å². The van der Waals surface area contributed by atoms with Crippen molar-refractivity contribution in [2.75, 3.05) is 18.0 Å². The van der Waals surface area contributed by atoms with Gasteiger partial charge in [-0.3, -0.25) is 19.2 Å². The van der Waals surface area contributed by atoms with Crippen LogP contribution in [0.1, 0.15) is 31.2 Å². The molecule has 3 aliphatic heterocycles. The van der Waals surface area contributed by atoms with Crippen LogP contribution in [-0.4, -0.2) is 58.1 Å². The molecule has 2 aromatic rings. The first-order valence-corrected chi connectivity index (χ1v) is 13.1. The van der Waals surface area contributed by atoms with Gasteiger partial charge in [0.15, 0.2) is 0 Å². The van der Waals surface area contributed by atoms with Gasteiger partial charge in [-0.15, -0.1) is 0 Å². The Morgan fingerprint density at radius 3 is 2.11 bits per heavy atom. The van der Waals surface area contributed by atoms with Gasteiger partial charge in [-0.2, -0.15) is 0 Å². The molecule has 4 atom stereocenters. The van der Waals surface area contributed by atoms with Crippen molar-refractivity contribution in [3.05, 3.63) is 66.2 Å². The third kappa shape index (κ3) is 3.04. The third-order valence-corrected chi connectivity index (χ3v) is 8.83. The fraction of sp³-hybridized carbons (Fsp3) is 0.448. The van der Waals surface area contributed by atoms with Crippen molar-refractivity contribution in [2.45, 2.75) is 43.7 Å². The first-order valence-electron chi connectivity index (χ1n) is 13.1. The molecule has 2 aliphatic carbocycles. The number of fused-ring (bicyclic) bond motifs is 3. The van der Waals surface area contributed by atoms with Crippen molar-refractivity contribution in [1.82, 2.24) is 9.80 Å². The van der Waals surface area contributed by atoms with Gasteiger partial charge in [0.05, 0.1) is 24.1 Å². The molecule has 4 amide bonds. The topological polar surface area (TPSA) is 78.0 Å². The average Bonchev–Trinajstić information content (AvgIpc) is 3.81. The summed E-state index contributed by atoms with van der Waals surface area (Å²) in [5, 5.41) is 0. The van der Waals surface area contributed by atoms with Crippen molar-refractivity contribution >= 4 is 29.3 Å². The number of benzene rings is 2. The fourth-order valence-corrected chi connectivity index (χ4v) is 7.03. The van der Waals surface area contributed by atoms with Crippen molar-refractivity contribution in [3.8, 4) is 0 Å². The lowest BCUT2D eigenvalue weighted by atomic mass is 9.74. The summed E-state index contributed by atoms with van der Waals surface area (Å²) in [7, 11) is 0. The highest BCUT2D eigenvalue weighted by Crippen LogP contribution is 2.58. The van der Waals surface area contributed by atoms with Crippen LogP contribution in [-0.2, 0) is 25.6 Å². The minimum absolute atomic E-state index is 0.0410. The number of rotatable bonds is 6. The Morgan fingerprint density at radius 2 is 1.47 bits per heavy atom. The summed E-state index contributed by atoms with van der Waals surface area (Å²) in [5.41, 5.74) is 0.0487. The van der Waals surface area contributed by atoms with E-state index in [0.29, 0.717) is 18.2 Å². The van der Waals surface area contributed by atoms with Crippen LogP contribution < -0.4 is 4.90 Å². The lowest BCUT2D eigenvalue weighted by Gasteiger charge is -2.49. The molecule has 0 aromatic heterocycles. The van der Waals surface area contributed by atoms with E-state index in [1.54, 1.807) is 34.1 Å². The molecule has 0 spiro atoms. The summed E-state index contributed by atoms with van der Waals surface area (Å²) in [6, 6.07) is 18.2. The number of amides is 4. The average molecular weight is 484 g/mol. The highest BCUT2D eigenvalue weighted by atomic mass is 16.2. The van der Waals surface area contributed by atoms with E-state index in [1.807, 2.05) is 36.4 Å². The second-order valence-corrected chi connectivity index (χ2v) is 11.2. The number of nitrogens with zero attached hydrogens (tertiary/aromatic N) is 3. The van der Waals surface area contributed by atoms with Gasteiger partial charge in [0.1, 0.15) is 5.54 Å². The Morgan fingerprint density at radius 1 is 0.806 bits per heavy atom. The van der Waals surface area contributed by atoms with E-state index in [-0.39, 0.29) is 42.5 Å². The zero-order chi connectivity index (χ0) is 24.6. The fourth-order valence-electron chi connectivity index (χ4n) is 7.03. The third-order valence-electron chi connectivity index (χ3n) is 8.83. The zero-order valence-electron chi connectivity index (χ0n) is 20.1. The number of para-hydroxylation sites is 1. The summed E-state index contributed by atoms with van der Waals surface area (Å²) in [6.07, 6.45) is 4.18. The summed E-state index contributed by atoms with van der Waals surface area (Å²) in [6.45, 7) is 0.588. The SMILES string of the molecule is O=C1C2C(C3CC3)N3C(=O)CN(CC4CC4)C(=O)[C@@]3(Cc3ccccc3)C2C(=O)N1c1ccccc1. The predicted octanol–water partition coefficient (Wildman–Crippen LogP) is 2.65. The second kappa shape index (κ2) is 7.76. The molecule has 3 unspecified atom stereocenters. The van der Waals surface area contributed by atoms with Gasteiger partial charge < -0.3 is 9.80 Å². The Bertz CT molecular complexity index is 1260. The summed E-state index contributed by atoms with van der Waals surface area (Å²) in [5.74, 6) is -1.91. The van der Waals surface area contributed by atoms with Crippen LogP contribution in [0.5, 0.6) is 0 Å². The highest BCUT2D eigenvalue weighted by molar-refractivity contribution is 6.25. The van der Waals surface area contributed by atoms with E-state index in [4.69, 9.17) is 0 Å². The summed E-state index contributed by atoms with van der Waals surface area (Å²) in [4.78, 5) is 61.3. The molecule has 7 heteroatoms. The largest absolute Gasteiger partial charge is 0.331 e. The number of hydrogen-bond acceptors (Lipinski definition) is 4. The molecule has 2 aromatic carbocycles. The van der Waals surface area contributed by atoms with Gasteiger partial charge in [0, 0.05) is 19.0 Å². The van der Waals surface area contributed by atoms with Crippen LogP contribution in [0.25, 0.3) is 0 Å². The van der Waals surface area contributed by atoms with E-state index in [0.717, 1.165) is 31.2 Å². The number of carbonyl (C=O) groups excluding carboxylic acids is 4. The second-order valence-electron chi connectivity index (χ2n) is 11.2. The van der Waals surface area contributed by atoms with Crippen LogP contribution >= 0.6 is 0 Å². The molecule has 3 heterocycles. The van der Waals surface area contributed by atoms with Gasteiger partial charge in [-0.05, 0) is 55.2 Å². The van der Waals surface area contributed by atoms with Crippen LogP contribution in [0.15, 0.2) is 60.7 Å². The molecule has 7 rings (SSSR count). The van der Waals surface area contributed by atoms with Gasteiger partial charge in [-0.1, -0.05) is 48.5 Å². The van der Waals surface area contributed by atoms with E-state index in [9.17, 15) is 19.2 Å². The number of hydrogen-bond donors (Lipinski definition) is 0. The van der Waals surface area contributed by atoms with E-state index in [2.05, 4.69) is 0 Å². The Balaban J connectivity index is 1.41. The molecular formula is C29H29N3O4. The minimum Gasteiger partial charge on any atom is -0.331 e. The Kier molecular flexibility index (Phi) is 4.69. The normalized spacial score (nSPS) is 31.8. The molecule has 2 saturated carbocycles. The number of carbonyl (C=O) groups is 4. The lowest BCUT2D eigenvalue weighted by Crippen LogP contribution is -2.71. The molecular weight excluding hydrogens is 454 g/mol. The van der Waals surface area contributed by atoms with E-state index < -0.39 is 23.4 Å². The zero-order valence-corrected chi connectivity index (χ0v) is 20.1. The Hall–Kier alpha value is -3.48. The van der Waals surface area contributed by atoms with Gasteiger partial charge in [0.2, 0.25) is 23.6 Å². The molecule has 0 N–H and O–H groups in total. The number of piperazine rings is 1. The van der Waals surface area contributed by atoms with Crippen molar-refractivity contribution in [2.24, 2.45) is 23.7 Å². The van der Waals surface area contributed by atoms with E-state index in [1.165, 1.54) is 4.90 Å². The lowest BCUT2D eigenvalue weighted by molar-refractivity contribution is -0.168. The molecule has 5 aliphatic rings. The van der Waals surface area contributed by atoms with Crippen molar-refractivity contribution in [3.63, 3.8) is 0 Å². The van der Waals surface area contributed by atoms with Crippen LogP contribution in [0.2, 0.25) is 0 Å². The molecule has 184 valence electrons. The summed E-state index contributed by atoms with van der Waals surface area (Å²) >= 11 is 0. The quantitative estimate of drug-likeness (QED) is 0.592. The molecule has 0 radical (unpaired) electrons. The van der Waals surface area contributed by atoms with E-state index >= 15 is 0 Å². The molecule has 5 fully saturated rings. The van der Waals surface area contributed by atoms with Crippen molar-refractivity contribution < 1.29 is 19.2 Å². The monoisotopic (exact) mass is 483 g/mol. The smallest absolute Gasteiger partial charge is 0.250 e. The molecule has 36 heavy (non-hydrogen) atoms. The van der Waals surface area contributed by atoms with Gasteiger partial charge in [0.25, 0.3) is 0 Å². The maximum Gasteiger partial charge on any atom is 0.250 e. The first-order chi connectivity index (χ1) is 17.5. The van der Waals surface area contributed by atoms with Crippen LogP contribution in [0, 0.1) is 23.7 Å². The minimum atomic E-state index is -1.38. The number of anilines is 1. The van der Waals surface area contributed by atoms with Crippen LogP contribution in [0.3, 0.4) is 0 Å². The maximum absolute atomic E-state index is 14.5. The predicted molar refractivity (Wildman–Crippen MR) is 131 cm³/mol. The van der Waals surface area contributed by atoms with Gasteiger partial charge >= 0.3 is 0 Å². The standard InChI is InChI=1S/C29H29N3O4/c33-22-17-30(16-19-11-12-19)28(36)29(15-18-7-3-1-4-8-18)24-23(25(32(22)29)20-13-14-20)26(34)31(27(24)35)21-9-5-2-6-10-21/h1-10,19-20,23-25H,11-17H2/t23?,24?,25?,29-/m1/s1.